The molecule has 2 aromatic heterocycles. The molecule has 0 amide bonds. The van der Waals surface area contributed by atoms with Crippen LogP contribution in [0.1, 0.15) is 78.0 Å². The monoisotopic (exact) mass is 1820 g/mol. The number of fused-ring (bicyclic) bond motifs is 10. The lowest BCUT2D eigenvalue weighted by molar-refractivity contribution is 0.590. The first kappa shape index (κ1) is 86.5. The van der Waals surface area contributed by atoms with E-state index in [1.54, 1.807) is 0 Å². The van der Waals surface area contributed by atoms with E-state index in [4.69, 9.17) is 0 Å². The maximum absolute atomic E-state index is 2.78. The van der Waals surface area contributed by atoms with Gasteiger partial charge in [-0.3, -0.25) is 0 Å². The van der Waals surface area contributed by atoms with E-state index in [2.05, 4.69) is 560 Å². The maximum atomic E-state index is 2.78. The summed E-state index contributed by atoms with van der Waals surface area (Å²) < 4.78 is 5.13. The summed E-state index contributed by atoms with van der Waals surface area (Å²) in [7, 11) is 0. The lowest BCUT2D eigenvalue weighted by atomic mass is 9.33. The summed E-state index contributed by atoms with van der Waals surface area (Å²) in [5.41, 5.74) is 47.5. The van der Waals surface area contributed by atoms with E-state index in [-0.39, 0.29) is 23.5 Å². The van der Waals surface area contributed by atoms with E-state index in [0.29, 0.717) is 0 Å². The van der Waals surface area contributed by atoms with E-state index in [1.807, 2.05) is 0 Å². The summed E-state index contributed by atoms with van der Waals surface area (Å²) >= 11 is 0. The Balaban J connectivity index is 0.824. The van der Waals surface area contributed by atoms with Gasteiger partial charge >= 0.3 is 0 Å². The van der Waals surface area contributed by atoms with Crippen molar-refractivity contribution in [2.45, 2.75) is 72.1 Å². The van der Waals surface area contributed by atoms with Crippen LogP contribution in [-0.4, -0.2) is 15.8 Å². The molecule has 0 unspecified atom stereocenters. The Hall–Kier alpha value is -17.1. The Labute approximate surface area is 832 Å². The SMILES string of the molecule is CC(C)c1cc2c3c(c1)N(c1c(-c4ccccc4)cc(C(C)(C)C)cc1-c1cccc(-c4cccc(-c5ccccc5)c4)c1)c1cc(-n4c5ccc(-c6ccccc6)cc5c5cc(-c6ccccc6)ccc54)ccc1B3c1ccc(-n3c4ccc(-c5ccccc5)cc4c4cc(-c5ccccc5)ccc43)cc1N2c1c(-c2ccccc2)cc(C(C)(C)C)cc1-c1cccc(-c2cccc(-c3ccccc3)c2)c1. The number of benzene rings is 21. The van der Waals surface area contributed by atoms with Crippen LogP contribution in [0.25, 0.3) is 189 Å². The normalized spacial score (nSPS) is 12.4. The van der Waals surface area contributed by atoms with Gasteiger partial charge in [0.2, 0.25) is 0 Å². The predicted molar refractivity (Wildman–Crippen MR) is 606 cm³/mol. The van der Waals surface area contributed by atoms with Gasteiger partial charge < -0.3 is 18.9 Å². The summed E-state index contributed by atoms with van der Waals surface area (Å²) in [5, 5.41) is 4.73. The van der Waals surface area contributed by atoms with Gasteiger partial charge in [0.05, 0.1) is 33.4 Å². The van der Waals surface area contributed by atoms with Crippen molar-refractivity contribution in [2.24, 2.45) is 0 Å². The molecule has 0 fully saturated rings. The van der Waals surface area contributed by atoms with Crippen LogP contribution in [0.5, 0.6) is 0 Å². The number of aromatic nitrogens is 2. The molecule has 0 aliphatic carbocycles. The Morgan fingerprint density at radius 2 is 0.430 bits per heavy atom. The standard InChI is InChI=1S/C137H105BN4/c1-89(2)110-81-131-133-132(82-110)142(135-116(97-51-31-16-32-52-97)84-112(137(6,7)8)86-118(135)109-60-36-58-103(76-109)101-56-34-54-99(74-101)91-39-19-10-20-40-91)130-88-114(140-127-71-63-106(94-45-25-13-26-46-94)79-121(127)122-80-107(64-72-128(122)140)95-47-27-14-28-48-95)66-68-124(130)138(133)123-67-65-113(139-125-69-61-104(92-41-21-11-22-42-92)77-119(125)120-78-105(62-70-126(120)139)93-43-23-12-24-44-93)87-129(123)141(131)134-115(96-49-29-15-30-50-96)83-111(136(3,4)5)85-117(134)108-59-35-57-102(75-108)100-55-33-53-98(73-100)90-37-17-9-18-38-90/h9-89H,1-8H3. The molecule has 5 heteroatoms. The van der Waals surface area contributed by atoms with E-state index >= 15 is 0 Å². The second kappa shape index (κ2) is 35.1. The summed E-state index contributed by atoms with van der Waals surface area (Å²) in [6.07, 6.45) is 0. The molecule has 0 saturated heterocycles. The summed E-state index contributed by atoms with van der Waals surface area (Å²) in [6.45, 7) is 18.7. The lowest BCUT2D eigenvalue weighted by Crippen LogP contribution is -2.61. The van der Waals surface area contributed by atoms with Crippen molar-refractivity contribution in [3.8, 4) is 145 Å². The molecule has 0 saturated carbocycles. The van der Waals surface area contributed by atoms with Crippen LogP contribution >= 0.6 is 0 Å². The highest BCUT2D eigenvalue weighted by Gasteiger charge is 2.47. The highest BCUT2D eigenvalue weighted by molar-refractivity contribution is 7.00. The minimum atomic E-state index is -0.359. The predicted octanol–water partition coefficient (Wildman–Crippen LogP) is 35.7. The third kappa shape index (κ3) is 15.3. The average molecular weight is 1820 g/mol. The molecule has 2 aliphatic rings. The van der Waals surface area contributed by atoms with Crippen molar-refractivity contribution >= 4 is 101 Å². The van der Waals surface area contributed by atoms with Gasteiger partial charge in [0.25, 0.3) is 6.71 Å². The molecule has 676 valence electrons. The van der Waals surface area contributed by atoms with Gasteiger partial charge in [0.15, 0.2) is 0 Å². The first-order valence-corrected chi connectivity index (χ1v) is 50.0. The number of rotatable bonds is 17. The molecule has 4 heterocycles. The Bertz CT molecular complexity index is 8150. The number of hydrogen-bond acceptors (Lipinski definition) is 2. The zero-order chi connectivity index (χ0) is 95.6. The van der Waals surface area contributed by atoms with Crippen molar-refractivity contribution < 1.29 is 0 Å². The summed E-state index contributed by atoms with van der Waals surface area (Å²) in [6, 6.07) is 184. The number of nitrogens with zero attached hydrogens (tertiary/aromatic N) is 4. The van der Waals surface area contributed by atoms with Gasteiger partial charge in [-0.15, -0.1) is 0 Å². The maximum Gasteiger partial charge on any atom is 0.252 e. The molecule has 25 rings (SSSR count). The molecule has 2 aliphatic heterocycles. The minimum absolute atomic E-state index is 0.0294. The molecule has 0 N–H and O–H groups in total. The third-order valence-electron chi connectivity index (χ3n) is 29.7. The molecule has 142 heavy (non-hydrogen) atoms. The molecule has 0 radical (unpaired) electrons. The molecular formula is C137H105BN4. The van der Waals surface area contributed by atoms with E-state index in [0.717, 1.165) is 134 Å². The zero-order valence-electron chi connectivity index (χ0n) is 81.1. The zero-order valence-corrected chi connectivity index (χ0v) is 81.1. The van der Waals surface area contributed by atoms with Crippen molar-refractivity contribution in [2.75, 3.05) is 9.80 Å². The van der Waals surface area contributed by atoms with E-state index < -0.39 is 0 Å². The fraction of sp³-hybridized carbons (Fsp3) is 0.0803. The second-order valence-corrected chi connectivity index (χ2v) is 40.9. The highest BCUT2D eigenvalue weighted by atomic mass is 15.2. The number of anilines is 6. The quantitative estimate of drug-likeness (QED) is 0.0845. The Morgan fingerprint density at radius 3 is 0.697 bits per heavy atom. The van der Waals surface area contributed by atoms with E-state index in [9.17, 15) is 0 Å². The number of hydrogen-bond donors (Lipinski definition) is 0. The fourth-order valence-electron chi connectivity index (χ4n) is 22.4. The van der Waals surface area contributed by atoms with Gasteiger partial charge in [0, 0.05) is 77.9 Å². The smallest absolute Gasteiger partial charge is 0.252 e. The van der Waals surface area contributed by atoms with Crippen molar-refractivity contribution in [1.29, 1.82) is 0 Å². The topological polar surface area (TPSA) is 16.3 Å². The summed E-state index contributed by atoms with van der Waals surface area (Å²) in [4.78, 5) is 5.55. The molecule has 23 aromatic rings. The van der Waals surface area contributed by atoms with Crippen LogP contribution < -0.4 is 26.2 Å². The Kier molecular flexibility index (Phi) is 21.4. The molecule has 0 bridgehead atoms. The van der Waals surface area contributed by atoms with Crippen molar-refractivity contribution in [3.63, 3.8) is 0 Å². The lowest BCUT2D eigenvalue weighted by Gasteiger charge is -2.46. The van der Waals surface area contributed by atoms with E-state index in [1.165, 1.54) is 121 Å². The summed E-state index contributed by atoms with van der Waals surface area (Å²) in [5.74, 6) is 0.0294. The van der Waals surface area contributed by atoms with Gasteiger partial charge in [-0.05, 0) is 295 Å². The first-order chi connectivity index (χ1) is 69.5. The Morgan fingerprint density at radius 1 is 0.197 bits per heavy atom. The third-order valence-corrected chi connectivity index (χ3v) is 29.7. The molecule has 0 atom stereocenters. The molecule has 0 spiro atoms. The molecular weight excluding hydrogens is 1710 g/mol. The molecule has 4 nitrogen and oxygen atoms in total. The van der Waals surface area contributed by atoms with Crippen LogP contribution in [0.2, 0.25) is 0 Å². The average Bonchev–Trinajstić information content (AvgIpc) is 0.766. The van der Waals surface area contributed by atoms with Crippen LogP contribution in [0, 0.1) is 0 Å². The largest absolute Gasteiger partial charge is 0.310 e. The van der Waals surface area contributed by atoms with Gasteiger partial charge in [-0.2, -0.15) is 0 Å². The first-order valence-electron chi connectivity index (χ1n) is 50.0. The fourth-order valence-corrected chi connectivity index (χ4v) is 22.4. The van der Waals surface area contributed by atoms with Crippen LogP contribution in [0.4, 0.5) is 34.1 Å². The van der Waals surface area contributed by atoms with Gasteiger partial charge in [-0.25, -0.2) is 0 Å². The minimum Gasteiger partial charge on any atom is -0.310 e. The van der Waals surface area contributed by atoms with Crippen molar-refractivity contribution in [3.05, 3.63) is 502 Å². The van der Waals surface area contributed by atoms with Gasteiger partial charge in [-0.1, -0.05) is 407 Å². The van der Waals surface area contributed by atoms with Crippen LogP contribution in [0.3, 0.4) is 0 Å². The molecule has 21 aromatic carbocycles. The van der Waals surface area contributed by atoms with Crippen LogP contribution in [0.15, 0.2) is 485 Å². The second-order valence-electron chi connectivity index (χ2n) is 40.9. The van der Waals surface area contributed by atoms with Gasteiger partial charge in [0.1, 0.15) is 0 Å². The highest BCUT2D eigenvalue weighted by Crippen LogP contribution is 2.57. The van der Waals surface area contributed by atoms with Crippen molar-refractivity contribution in [1.82, 2.24) is 9.13 Å². The van der Waals surface area contributed by atoms with Crippen LogP contribution in [-0.2, 0) is 10.8 Å².